The van der Waals surface area contributed by atoms with Crippen molar-refractivity contribution in [2.45, 2.75) is 420 Å². The average Bonchev–Trinajstić information content (AvgIpc) is 1.51. The number of aliphatic hydroxyl groups is 1. The molecule has 0 bridgehead atoms. The van der Waals surface area contributed by atoms with E-state index in [-0.39, 0.29) is 25.7 Å². The lowest BCUT2D eigenvalue weighted by Gasteiger charge is -2.21. The summed E-state index contributed by atoms with van der Waals surface area (Å²) in [7, 11) is -9.91. The Kier molecular flexibility index (Phi) is 67.1. The van der Waals surface area contributed by atoms with E-state index in [1.54, 1.807) is 0 Å². The van der Waals surface area contributed by atoms with Gasteiger partial charge in [-0.3, -0.25) is 37.3 Å². The summed E-state index contributed by atoms with van der Waals surface area (Å²) >= 11 is 0. The van der Waals surface area contributed by atoms with Crippen molar-refractivity contribution in [2.24, 2.45) is 17.8 Å². The molecule has 0 heterocycles. The van der Waals surface area contributed by atoms with Crippen molar-refractivity contribution >= 4 is 39.5 Å². The van der Waals surface area contributed by atoms with E-state index in [2.05, 4.69) is 48.5 Å². The van der Waals surface area contributed by atoms with Crippen LogP contribution in [-0.4, -0.2) is 96.7 Å². The van der Waals surface area contributed by atoms with Crippen LogP contribution >= 0.6 is 15.6 Å². The van der Waals surface area contributed by atoms with Gasteiger partial charge in [0.15, 0.2) is 12.2 Å². The molecule has 6 atom stereocenters. The van der Waals surface area contributed by atoms with Gasteiger partial charge < -0.3 is 33.8 Å². The van der Waals surface area contributed by atoms with Crippen molar-refractivity contribution < 1.29 is 80.2 Å². The van der Waals surface area contributed by atoms with Gasteiger partial charge in [-0.15, -0.1) is 0 Å². The summed E-state index contributed by atoms with van der Waals surface area (Å²) in [5, 5.41) is 10.6. The predicted octanol–water partition coefficient (Wildman–Crippen LogP) is 23.0. The fraction of sp³-hybridized carbons (Fsp3) is 0.949. The highest BCUT2D eigenvalue weighted by molar-refractivity contribution is 7.47. The number of carbonyl (C=O) groups is 4. The first-order valence-corrected chi connectivity index (χ1v) is 43.4. The minimum Gasteiger partial charge on any atom is -0.462 e. The Morgan fingerprint density at radius 1 is 0.299 bits per heavy atom. The summed E-state index contributed by atoms with van der Waals surface area (Å²) in [5.41, 5.74) is 0. The Labute approximate surface area is 594 Å². The molecule has 576 valence electrons. The van der Waals surface area contributed by atoms with Gasteiger partial charge in [-0.2, -0.15) is 0 Å². The lowest BCUT2D eigenvalue weighted by molar-refractivity contribution is -0.161. The second-order valence-corrected chi connectivity index (χ2v) is 32.2. The number of rotatable bonds is 76. The van der Waals surface area contributed by atoms with Crippen LogP contribution in [0.5, 0.6) is 0 Å². The van der Waals surface area contributed by atoms with Gasteiger partial charge in [-0.1, -0.05) is 350 Å². The zero-order valence-electron chi connectivity index (χ0n) is 63.5. The molecule has 0 spiro atoms. The maximum atomic E-state index is 13.1. The van der Waals surface area contributed by atoms with E-state index in [1.165, 1.54) is 205 Å². The SMILES string of the molecule is CCCCCCCCCCC(=O)OC[C@H](COP(=O)(O)OC[C@H](O)COP(=O)(O)OC[C@@H](COC(=O)CCCCCCCCCCCCCCCCC(C)CC)OC(=O)CCCCCCCCCCCCCCCCCCCCC(C)C)OC(=O)CCCCCCCCCC(C)C. The molecular formula is C78H152O17P2. The van der Waals surface area contributed by atoms with Gasteiger partial charge in [0.2, 0.25) is 0 Å². The smallest absolute Gasteiger partial charge is 0.462 e. The van der Waals surface area contributed by atoms with Crippen LogP contribution in [0.3, 0.4) is 0 Å². The second kappa shape index (κ2) is 68.5. The molecule has 17 nitrogen and oxygen atoms in total. The van der Waals surface area contributed by atoms with Crippen LogP contribution in [0, 0.1) is 17.8 Å². The summed E-state index contributed by atoms with van der Waals surface area (Å²) < 4.78 is 68.5. The van der Waals surface area contributed by atoms with E-state index in [0.717, 1.165) is 108 Å². The molecule has 0 radical (unpaired) electrons. The molecule has 0 fully saturated rings. The van der Waals surface area contributed by atoms with Crippen LogP contribution in [0.2, 0.25) is 0 Å². The Morgan fingerprint density at radius 2 is 0.526 bits per heavy atom. The van der Waals surface area contributed by atoms with E-state index >= 15 is 0 Å². The molecule has 0 aliphatic rings. The molecule has 0 aromatic carbocycles. The summed E-state index contributed by atoms with van der Waals surface area (Å²) in [6, 6.07) is 0. The minimum absolute atomic E-state index is 0.103. The van der Waals surface area contributed by atoms with Gasteiger partial charge in [0.25, 0.3) is 0 Å². The van der Waals surface area contributed by atoms with Crippen molar-refractivity contribution in [3.8, 4) is 0 Å². The molecule has 0 aromatic heterocycles. The molecule has 0 aliphatic carbocycles. The Balaban J connectivity index is 5.17. The average molecular weight is 1420 g/mol. The fourth-order valence-electron chi connectivity index (χ4n) is 11.9. The van der Waals surface area contributed by atoms with E-state index in [0.29, 0.717) is 31.6 Å². The summed E-state index contributed by atoms with van der Waals surface area (Å²) in [6.45, 7) is 11.9. The zero-order valence-corrected chi connectivity index (χ0v) is 65.3. The molecule has 0 aromatic rings. The molecule has 3 unspecified atom stereocenters. The largest absolute Gasteiger partial charge is 0.472 e. The normalized spacial score (nSPS) is 14.3. The maximum absolute atomic E-state index is 13.1. The third-order valence-corrected chi connectivity index (χ3v) is 20.4. The van der Waals surface area contributed by atoms with Crippen molar-refractivity contribution in [1.29, 1.82) is 0 Å². The van der Waals surface area contributed by atoms with Gasteiger partial charge in [-0.05, 0) is 43.4 Å². The van der Waals surface area contributed by atoms with Crippen molar-refractivity contribution in [3.63, 3.8) is 0 Å². The maximum Gasteiger partial charge on any atom is 0.472 e. The van der Waals surface area contributed by atoms with Crippen LogP contribution in [0.1, 0.15) is 402 Å². The Bertz CT molecular complexity index is 1890. The van der Waals surface area contributed by atoms with E-state index in [9.17, 15) is 43.2 Å². The van der Waals surface area contributed by atoms with E-state index < -0.39 is 97.5 Å². The Morgan fingerprint density at radius 3 is 0.784 bits per heavy atom. The van der Waals surface area contributed by atoms with Gasteiger partial charge in [0, 0.05) is 25.7 Å². The van der Waals surface area contributed by atoms with Crippen LogP contribution in [0.4, 0.5) is 0 Å². The summed E-state index contributed by atoms with van der Waals surface area (Å²) in [4.78, 5) is 72.7. The molecule has 0 aliphatic heterocycles. The molecule has 0 amide bonds. The van der Waals surface area contributed by atoms with E-state index in [4.69, 9.17) is 37.0 Å². The van der Waals surface area contributed by atoms with Crippen LogP contribution < -0.4 is 0 Å². The highest BCUT2D eigenvalue weighted by Crippen LogP contribution is 2.45. The monoisotopic (exact) mass is 1420 g/mol. The van der Waals surface area contributed by atoms with Gasteiger partial charge >= 0.3 is 39.5 Å². The number of aliphatic hydroxyl groups excluding tert-OH is 1. The van der Waals surface area contributed by atoms with Crippen molar-refractivity contribution in [3.05, 3.63) is 0 Å². The topological polar surface area (TPSA) is 237 Å². The minimum atomic E-state index is -4.96. The Hall–Kier alpha value is -1.94. The molecule has 3 N–H and O–H groups in total. The number of unbranched alkanes of at least 4 members (excludes halogenated alkanes) is 43. The molecule has 0 saturated carbocycles. The number of hydrogen-bond acceptors (Lipinski definition) is 15. The lowest BCUT2D eigenvalue weighted by Crippen LogP contribution is -2.30. The van der Waals surface area contributed by atoms with Gasteiger partial charge in [0.05, 0.1) is 26.4 Å². The van der Waals surface area contributed by atoms with Crippen LogP contribution in [-0.2, 0) is 65.4 Å². The molecule has 19 heteroatoms. The van der Waals surface area contributed by atoms with Gasteiger partial charge in [0.1, 0.15) is 19.3 Å². The first-order chi connectivity index (χ1) is 46.8. The van der Waals surface area contributed by atoms with Crippen molar-refractivity contribution in [1.82, 2.24) is 0 Å². The van der Waals surface area contributed by atoms with Crippen molar-refractivity contribution in [2.75, 3.05) is 39.6 Å². The summed E-state index contributed by atoms with van der Waals surface area (Å²) in [6.07, 6.45) is 55.7. The standard InChI is InChI=1S/C78H152O17P2/c1-8-10-11-12-13-38-45-52-59-75(80)88-65-74(95-78(83)62-55-48-41-34-36-43-50-57-70(5)6)68-93-97(86,87)91-64-72(79)63-90-96(84,85)92-67-73(66-89-76(81)60-53-46-39-32-28-24-21-20-23-27-31-37-44-51-58-71(7)9-2)94-77(82)61-54-47-40-33-29-25-19-17-15-14-16-18-22-26-30-35-42-49-56-69(3)4/h69-74,79H,8-68H2,1-7H3,(H,84,85)(H,86,87)/t71?,72-,73-,74-/m1/s1. The van der Waals surface area contributed by atoms with Gasteiger partial charge in [-0.25, -0.2) is 9.13 Å². The van der Waals surface area contributed by atoms with Crippen LogP contribution in [0.15, 0.2) is 0 Å². The number of esters is 4. The number of phosphoric ester groups is 2. The predicted molar refractivity (Wildman–Crippen MR) is 395 cm³/mol. The zero-order chi connectivity index (χ0) is 71.6. The fourth-order valence-corrected chi connectivity index (χ4v) is 13.5. The third kappa shape index (κ3) is 70.9. The lowest BCUT2D eigenvalue weighted by atomic mass is 9.99. The highest BCUT2D eigenvalue weighted by atomic mass is 31.2. The first-order valence-electron chi connectivity index (χ1n) is 40.4. The highest BCUT2D eigenvalue weighted by Gasteiger charge is 2.30. The molecular weight excluding hydrogens is 1270 g/mol. The number of phosphoric acid groups is 2. The number of ether oxygens (including phenoxy) is 4. The molecule has 0 rings (SSSR count). The van der Waals surface area contributed by atoms with Crippen LogP contribution in [0.25, 0.3) is 0 Å². The molecule has 97 heavy (non-hydrogen) atoms. The number of hydrogen-bond donors (Lipinski definition) is 3. The first kappa shape index (κ1) is 95.1. The van der Waals surface area contributed by atoms with E-state index in [1.807, 2.05) is 0 Å². The summed E-state index contributed by atoms with van der Waals surface area (Å²) in [5.74, 6) is 0.246. The second-order valence-electron chi connectivity index (χ2n) is 29.3. The number of carbonyl (C=O) groups excluding carboxylic acids is 4. The quantitative estimate of drug-likeness (QED) is 0.0222. The third-order valence-electron chi connectivity index (χ3n) is 18.5. The molecule has 0 saturated heterocycles.